The fourth-order valence-corrected chi connectivity index (χ4v) is 5.61. The number of sulfone groups is 1. The molecule has 0 aliphatic heterocycles. The van der Waals surface area contributed by atoms with Gasteiger partial charge in [-0.3, -0.25) is 0 Å². The third kappa shape index (κ3) is 2.68. The standard InChI is InChI=1S/C17H19ClN2O2S/c1-11-2-8-14(9-3-11)23(21,22)16-15(17(16,20)10-19)12-4-6-13(18)7-5-12/h2-9,15-16H,10,19-20H2,1H3. The van der Waals surface area contributed by atoms with Crippen LogP contribution in [0.5, 0.6) is 0 Å². The molecule has 0 amide bonds. The zero-order valence-electron chi connectivity index (χ0n) is 12.7. The van der Waals surface area contributed by atoms with Crippen molar-refractivity contribution < 1.29 is 8.42 Å². The van der Waals surface area contributed by atoms with Gasteiger partial charge in [-0.1, -0.05) is 41.4 Å². The van der Waals surface area contributed by atoms with E-state index in [0.29, 0.717) is 5.02 Å². The van der Waals surface area contributed by atoms with Crippen LogP contribution >= 0.6 is 11.6 Å². The van der Waals surface area contributed by atoms with E-state index in [1.54, 1.807) is 36.4 Å². The average Bonchev–Trinajstić information content (AvgIpc) is 3.16. The van der Waals surface area contributed by atoms with Crippen molar-refractivity contribution >= 4 is 21.4 Å². The van der Waals surface area contributed by atoms with Crippen LogP contribution in [0, 0.1) is 6.92 Å². The van der Waals surface area contributed by atoms with E-state index in [1.165, 1.54) is 0 Å². The van der Waals surface area contributed by atoms with Gasteiger partial charge in [0.2, 0.25) is 0 Å². The molecule has 0 saturated heterocycles. The second kappa shape index (κ2) is 5.60. The molecule has 4 nitrogen and oxygen atoms in total. The summed E-state index contributed by atoms with van der Waals surface area (Å²) < 4.78 is 25.9. The molecule has 0 heterocycles. The molecule has 1 aliphatic carbocycles. The van der Waals surface area contributed by atoms with E-state index in [9.17, 15) is 8.42 Å². The minimum Gasteiger partial charge on any atom is -0.329 e. The topological polar surface area (TPSA) is 86.2 Å². The van der Waals surface area contributed by atoms with Crippen molar-refractivity contribution in [2.75, 3.05) is 6.54 Å². The summed E-state index contributed by atoms with van der Waals surface area (Å²) in [6.45, 7) is 2.02. The van der Waals surface area contributed by atoms with Crippen molar-refractivity contribution in [1.29, 1.82) is 0 Å². The largest absolute Gasteiger partial charge is 0.329 e. The van der Waals surface area contributed by atoms with Gasteiger partial charge in [-0.05, 0) is 36.8 Å². The highest BCUT2D eigenvalue weighted by Crippen LogP contribution is 2.55. The number of nitrogens with two attached hydrogens (primary N) is 2. The summed E-state index contributed by atoms with van der Waals surface area (Å²) in [7, 11) is -3.55. The highest BCUT2D eigenvalue weighted by atomic mass is 35.5. The molecule has 1 aliphatic rings. The van der Waals surface area contributed by atoms with Gasteiger partial charge in [-0.15, -0.1) is 0 Å². The fraction of sp³-hybridized carbons (Fsp3) is 0.294. The first-order valence-electron chi connectivity index (χ1n) is 7.35. The van der Waals surface area contributed by atoms with Crippen molar-refractivity contribution in [3.05, 3.63) is 64.7 Å². The number of aryl methyl sites for hydroxylation is 1. The molecule has 3 rings (SSSR count). The zero-order valence-corrected chi connectivity index (χ0v) is 14.3. The van der Waals surface area contributed by atoms with Gasteiger partial charge in [0.05, 0.1) is 15.7 Å². The molecule has 6 heteroatoms. The Morgan fingerprint density at radius 2 is 1.65 bits per heavy atom. The van der Waals surface area contributed by atoms with Crippen LogP contribution in [0.1, 0.15) is 17.0 Å². The molecule has 0 radical (unpaired) electrons. The molecule has 1 fully saturated rings. The average molecular weight is 351 g/mol. The SMILES string of the molecule is Cc1ccc(S(=O)(=O)C2C(c3ccc(Cl)cc3)C2(N)CN)cc1. The van der Waals surface area contributed by atoms with Gasteiger partial charge >= 0.3 is 0 Å². The molecule has 2 aromatic rings. The molecule has 1 saturated carbocycles. The molecule has 3 unspecified atom stereocenters. The van der Waals surface area contributed by atoms with Crippen LogP contribution in [0.2, 0.25) is 5.02 Å². The van der Waals surface area contributed by atoms with Crippen molar-refractivity contribution in [2.24, 2.45) is 11.5 Å². The Kier molecular flexibility index (Phi) is 4.01. The van der Waals surface area contributed by atoms with Gasteiger partial charge in [0.15, 0.2) is 9.84 Å². The number of benzene rings is 2. The maximum atomic E-state index is 13.0. The smallest absolute Gasteiger partial charge is 0.183 e. The Morgan fingerprint density at radius 3 is 2.17 bits per heavy atom. The quantitative estimate of drug-likeness (QED) is 0.885. The summed E-state index contributed by atoms with van der Waals surface area (Å²) in [5, 5.41) is -0.119. The summed E-state index contributed by atoms with van der Waals surface area (Å²) in [5.74, 6) is -0.323. The van der Waals surface area contributed by atoms with E-state index in [0.717, 1.165) is 11.1 Å². The van der Waals surface area contributed by atoms with Gasteiger partial charge in [-0.25, -0.2) is 8.42 Å². The maximum absolute atomic E-state index is 13.0. The summed E-state index contributed by atoms with van der Waals surface area (Å²) in [5.41, 5.74) is 13.0. The molecule has 23 heavy (non-hydrogen) atoms. The molecular weight excluding hydrogens is 332 g/mol. The van der Waals surface area contributed by atoms with Crippen molar-refractivity contribution in [3.63, 3.8) is 0 Å². The monoisotopic (exact) mass is 350 g/mol. The number of hydrogen-bond acceptors (Lipinski definition) is 4. The van der Waals surface area contributed by atoms with Gasteiger partial charge in [-0.2, -0.15) is 0 Å². The molecule has 0 aromatic heterocycles. The van der Waals surface area contributed by atoms with Crippen LogP contribution in [0.25, 0.3) is 0 Å². The maximum Gasteiger partial charge on any atom is 0.183 e. The van der Waals surface area contributed by atoms with Crippen LogP contribution in [0.4, 0.5) is 0 Å². The summed E-state index contributed by atoms with van der Waals surface area (Å²) >= 11 is 5.90. The highest BCUT2D eigenvalue weighted by molar-refractivity contribution is 7.92. The van der Waals surface area contributed by atoms with E-state index >= 15 is 0 Å². The first kappa shape index (κ1) is 16.5. The lowest BCUT2D eigenvalue weighted by molar-refractivity contribution is 0.586. The first-order valence-corrected chi connectivity index (χ1v) is 9.28. The highest BCUT2D eigenvalue weighted by Gasteiger charge is 2.68. The van der Waals surface area contributed by atoms with Gasteiger partial charge < -0.3 is 11.5 Å². The second-order valence-corrected chi connectivity index (χ2v) is 8.63. The Morgan fingerprint density at radius 1 is 1.09 bits per heavy atom. The Balaban J connectivity index is 2.01. The summed E-state index contributed by atoms with van der Waals surface area (Å²) in [6, 6.07) is 13.9. The molecule has 4 N–H and O–H groups in total. The van der Waals surface area contributed by atoms with E-state index in [2.05, 4.69) is 0 Å². The summed E-state index contributed by atoms with van der Waals surface area (Å²) in [4.78, 5) is 0.285. The molecule has 122 valence electrons. The van der Waals surface area contributed by atoms with E-state index in [1.807, 2.05) is 19.1 Å². The molecule has 3 atom stereocenters. The lowest BCUT2D eigenvalue weighted by atomic mass is 10.1. The lowest BCUT2D eigenvalue weighted by Crippen LogP contribution is -2.39. The molecule has 0 spiro atoms. The second-order valence-electron chi connectivity index (χ2n) is 6.12. The zero-order chi connectivity index (χ0) is 16.8. The molecule has 0 bridgehead atoms. The first-order chi connectivity index (χ1) is 10.8. The van der Waals surface area contributed by atoms with Crippen LogP contribution in [-0.4, -0.2) is 25.8 Å². The third-order valence-electron chi connectivity index (χ3n) is 4.57. The Bertz CT molecular complexity index is 819. The van der Waals surface area contributed by atoms with Gasteiger partial charge in [0, 0.05) is 17.5 Å². The van der Waals surface area contributed by atoms with Crippen LogP contribution in [-0.2, 0) is 9.84 Å². The normalized spacial score (nSPS) is 27.0. The molecule has 2 aromatic carbocycles. The van der Waals surface area contributed by atoms with Gasteiger partial charge in [0.25, 0.3) is 0 Å². The van der Waals surface area contributed by atoms with Crippen molar-refractivity contribution in [3.8, 4) is 0 Å². The Hall–Kier alpha value is -1.40. The van der Waals surface area contributed by atoms with Crippen LogP contribution in [0.15, 0.2) is 53.4 Å². The predicted molar refractivity (Wildman–Crippen MR) is 92.3 cm³/mol. The van der Waals surface area contributed by atoms with Crippen molar-refractivity contribution in [2.45, 2.75) is 28.5 Å². The van der Waals surface area contributed by atoms with Gasteiger partial charge in [0.1, 0.15) is 0 Å². The predicted octanol–water partition coefficient (Wildman–Crippen LogP) is 2.24. The van der Waals surface area contributed by atoms with E-state index in [-0.39, 0.29) is 17.4 Å². The minimum absolute atomic E-state index is 0.107. The molecular formula is C17H19ClN2O2S. The lowest BCUT2D eigenvalue weighted by Gasteiger charge is -2.09. The van der Waals surface area contributed by atoms with Crippen molar-refractivity contribution in [1.82, 2.24) is 0 Å². The third-order valence-corrected chi connectivity index (χ3v) is 7.13. The fourth-order valence-electron chi connectivity index (χ4n) is 3.16. The minimum atomic E-state index is -3.55. The number of hydrogen-bond donors (Lipinski definition) is 2. The summed E-state index contributed by atoms with van der Waals surface area (Å²) in [6.07, 6.45) is 0. The Labute approximate surface area is 141 Å². The van der Waals surface area contributed by atoms with Crippen LogP contribution < -0.4 is 11.5 Å². The van der Waals surface area contributed by atoms with E-state index in [4.69, 9.17) is 23.1 Å². The van der Waals surface area contributed by atoms with E-state index < -0.39 is 20.6 Å². The van der Waals surface area contributed by atoms with Crippen LogP contribution in [0.3, 0.4) is 0 Å². The number of halogens is 1. The number of rotatable bonds is 4.